The lowest BCUT2D eigenvalue weighted by Crippen LogP contribution is -2.19. The summed E-state index contributed by atoms with van der Waals surface area (Å²) < 4.78 is 15.7. The van der Waals surface area contributed by atoms with Crippen LogP contribution in [-0.4, -0.2) is 26.0 Å². The van der Waals surface area contributed by atoms with Crippen molar-refractivity contribution in [2.75, 3.05) is 13.7 Å². The van der Waals surface area contributed by atoms with Gasteiger partial charge in [0.05, 0.1) is 6.61 Å². The summed E-state index contributed by atoms with van der Waals surface area (Å²) in [6, 6.07) is 6.98. The molecule has 1 aromatic carbocycles. The fourth-order valence-corrected chi connectivity index (χ4v) is 1.39. The Hall–Kier alpha value is -1.55. The molecule has 4 nitrogen and oxygen atoms in total. The lowest BCUT2D eigenvalue weighted by atomic mass is 10.2. The Morgan fingerprint density at radius 3 is 2.59 bits per heavy atom. The van der Waals surface area contributed by atoms with E-state index in [0.29, 0.717) is 24.3 Å². The Kier molecular flexibility index (Phi) is 5.49. The van der Waals surface area contributed by atoms with E-state index in [9.17, 15) is 4.79 Å². The molecule has 0 heterocycles. The van der Waals surface area contributed by atoms with Gasteiger partial charge in [0.2, 0.25) is 0 Å². The van der Waals surface area contributed by atoms with Crippen molar-refractivity contribution in [2.24, 2.45) is 0 Å². The molecule has 1 rings (SSSR count). The van der Waals surface area contributed by atoms with E-state index in [1.54, 1.807) is 38.3 Å². The van der Waals surface area contributed by atoms with E-state index in [-0.39, 0.29) is 12.3 Å². The molecule has 0 spiro atoms. The van der Waals surface area contributed by atoms with Crippen LogP contribution in [0, 0.1) is 0 Å². The van der Waals surface area contributed by atoms with Gasteiger partial charge in [0.25, 0.3) is 0 Å². The molecular formula is C13H18O4. The van der Waals surface area contributed by atoms with Gasteiger partial charge in [-0.15, -0.1) is 0 Å². The Bertz CT molecular complexity index is 358. The number of ether oxygens (including phenoxy) is 3. The zero-order valence-electron chi connectivity index (χ0n) is 10.4. The van der Waals surface area contributed by atoms with Gasteiger partial charge in [-0.1, -0.05) is 19.1 Å². The van der Waals surface area contributed by atoms with Crippen molar-refractivity contribution in [3.05, 3.63) is 29.8 Å². The first kappa shape index (κ1) is 13.5. The predicted molar refractivity (Wildman–Crippen MR) is 64.1 cm³/mol. The Labute approximate surface area is 101 Å². The van der Waals surface area contributed by atoms with Crippen LogP contribution in [0.3, 0.4) is 0 Å². The smallest absolute Gasteiger partial charge is 0.341 e. The third-order valence-corrected chi connectivity index (χ3v) is 2.24. The van der Waals surface area contributed by atoms with E-state index < -0.39 is 0 Å². The molecule has 0 saturated heterocycles. The average molecular weight is 238 g/mol. The second kappa shape index (κ2) is 6.91. The predicted octanol–water partition coefficient (Wildman–Crippen LogP) is 2.62. The molecule has 0 aliphatic carbocycles. The van der Waals surface area contributed by atoms with Crippen LogP contribution in [0.1, 0.15) is 30.6 Å². The van der Waals surface area contributed by atoms with Gasteiger partial charge < -0.3 is 14.2 Å². The molecule has 1 unspecified atom stereocenters. The van der Waals surface area contributed by atoms with Crippen LogP contribution in [-0.2, 0) is 9.47 Å². The Balaban J connectivity index is 2.87. The molecule has 0 saturated carbocycles. The maximum atomic E-state index is 11.7. The maximum Gasteiger partial charge on any atom is 0.341 e. The number of esters is 1. The second-order valence-electron chi connectivity index (χ2n) is 3.41. The summed E-state index contributed by atoms with van der Waals surface area (Å²) in [4.78, 5) is 11.7. The highest BCUT2D eigenvalue weighted by molar-refractivity contribution is 5.92. The molecular weight excluding hydrogens is 220 g/mol. The van der Waals surface area contributed by atoms with Gasteiger partial charge in [-0.25, -0.2) is 4.79 Å². The normalized spacial score (nSPS) is 11.9. The number of hydrogen-bond acceptors (Lipinski definition) is 4. The molecule has 0 fully saturated rings. The molecule has 1 atom stereocenters. The number of methoxy groups -OCH3 is 1. The molecule has 94 valence electrons. The van der Waals surface area contributed by atoms with Crippen molar-refractivity contribution < 1.29 is 19.0 Å². The van der Waals surface area contributed by atoms with E-state index in [1.807, 2.05) is 6.92 Å². The summed E-state index contributed by atoms with van der Waals surface area (Å²) in [6.07, 6.45) is 0.346. The van der Waals surface area contributed by atoms with Crippen LogP contribution in [0.15, 0.2) is 24.3 Å². The van der Waals surface area contributed by atoms with Crippen molar-refractivity contribution in [1.29, 1.82) is 0 Å². The maximum absolute atomic E-state index is 11.7. The van der Waals surface area contributed by atoms with Gasteiger partial charge in [0, 0.05) is 13.5 Å². The highest BCUT2D eigenvalue weighted by atomic mass is 16.7. The van der Waals surface area contributed by atoms with E-state index in [0.717, 1.165) is 0 Å². The number of hydrogen-bond donors (Lipinski definition) is 0. The van der Waals surface area contributed by atoms with Gasteiger partial charge in [-0.2, -0.15) is 0 Å². The van der Waals surface area contributed by atoms with Crippen LogP contribution in [0.5, 0.6) is 5.75 Å². The van der Waals surface area contributed by atoms with Crippen LogP contribution in [0.2, 0.25) is 0 Å². The largest absolute Gasteiger partial charge is 0.464 e. The topological polar surface area (TPSA) is 44.8 Å². The summed E-state index contributed by atoms with van der Waals surface area (Å²) in [6.45, 7) is 4.06. The van der Waals surface area contributed by atoms with Gasteiger partial charge in [0.15, 0.2) is 6.29 Å². The highest BCUT2D eigenvalue weighted by Crippen LogP contribution is 2.21. The highest BCUT2D eigenvalue weighted by Gasteiger charge is 2.15. The van der Waals surface area contributed by atoms with Crippen molar-refractivity contribution in [3.8, 4) is 5.75 Å². The minimum atomic E-state index is -0.381. The minimum absolute atomic E-state index is 0.342. The standard InChI is InChI=1S/C13H18O4/c1-4-12(15-3)17-11-9-7-6-8-10(11)13(14)16-5-2/h6-9,12H,4-5H2,1-3H3. The van der Waals surface area contributed by atoms with Gasteiger partial charge in [-0.3, -0.25) is 0 Å². The lowest BCUT2D eigenvalue weighted by Gasteiger charge is -2.17. The molecule has 0 aliphatic rings. The minimum Gasteiger partial charge on any atom is -0.464 e. The zero-order chi connectivity index (χ0) is 12.7. The molecule has 0 bridgehead atoms. The van der Waals surface area contributed by atoms with Crippen LogP contribution in [0.4, 0.5) is 0 Å². The lowest BCUT2D eigenvalue weighted by molar-refractivity contribution is -0.0553. The number of para-hydroxylation sites is 1. The number of benzene rings is 1. The summed E-state index contributed by atoms with van der Waals surface area (Å²) in [5, 5.41) is 0. The fourth-order valence-electron chi connectivity index (χ4n) is 1.39. The van der Waals surface area contributed by atoms with E-state index in [1.165, 1.54) is 0 Å². The van der Waals surface area contributed by atoms with E-state index in [2.05, 4.69) is 0 Å². The fraction of sp³-hybridized carbons (Fsp3) is 0.462. The molecule has 17 heavy (non-hydrogen) atoms. The summed E-state index contributed by atoms with van der Waals surface area (Å²) in [5.74, 6) is 0.105. The summed E-state index contributed by atoms with van der Waals surface area (Å²) in [5.41, 5.74) is 0.421. The molecule has 0 aromatic heterocycles. The third kappa shape index (κ3) is 3.75. The van der Waals surface area contributed by atoms with Crippen molar-refractivity contribution >= 4 is 5.97 Å². The number of carbonyl (C=O) groups is 1. The molecule has 0 radical (unpaired) electrons. The molecule has 0 N–H and O–H groups in total. The molecule has 4 heteroatoms. The molecule has 0 amide bonds. The zero-order valence-corrected chi connectivity index (χ0v) is 10.4. The van der Waals surface area contributed by atoms with E-state index in [4.69, 9.17) is 14.2 Å². The van der Waals surface area contributed by atoms with Gasteiger partial charge >= 0.3 is 5.97 Å². The molecule has 0 aliphatic heterocycles. The third-order valence-electron chi connectivity index (χ3n) is 2.24. The monoisotopic (exact) mass is 238 g/mol. The Morgan fingerprint density at radius 2 is 2.00 bits per heavy atom. The first-order valence-electron chi connectivity index (χ1n) is 5.68. The summed E-state index contributed by atoms with van der Waals surface area (Å²) >= 11 is 0. The van der Waals surface area contributed by atoms with Crippen molar-refractivity contribution in [1.82, 2.24) is 0 Å². The number of carbonyl (C=O) groups excluding carboxylic acids is 1. The van der Waals surface area contributed by atoms with Gasteiger partial charge in [-0.05, 0) is 19.1 Å². The first-order chi connectivity index (χ1) is 8.22. The SMILES string of the molecule is CCOC(=O)c1ccccc1OC(CC)OC. The first-order valence-corrected chi connectivity index (χ1v) is 5.68. The Morgan fingerprint density at radius 1 is 1.29 bits per heavy atom. The van der Waals surface area contributed by atoms with Crippen molar-refractivity contribution in [2.45, 2.75) is 26.6 Å². The van der Waals surface area contributed by atoms with Crippen LogP contribution in [0.25, 0.3) is 0 Å². The van der Waals surface area contributed by atoms with Crippen LogP contribution < -0.4 is 4.74 Å². The second-order valence-corrected chi connectivity index (χ2v) is 3.41. The van der Waals surface area contributed by atoms with Crippen LogP contribution >= 0.6 is 0 Å². The average Bonchev–Trinajstić information content (AvgIpc) is 2.36. The quantitative estimate of drug-likeness (QED) is 0.564. The number of rotatable bonds is 6. The molecule has 1 aromatic rings. The summed E-state index contributed by atoms with van der Waals surface area (Å²) in [7, 11) is 1.57. The van der Waals surface area contributed by atoms with Gasteiger partial charge in [0.1, 0.15) is 11.3 Å². The van der Waals surface area contributed by atoms with E-state index >= 15 is 0 Å². The van der Waals surface area contributed by atoms with Crippen molar-refractivity contribution in [3.63, 3.8) is 0 Å².